The van der Waals surface area contributed by atoms with Gasteiger partial charge in [0.1, 0.15) is 5.78 Å². The minimum absolute atomic E-state index is 0.352. The standard InChI is InChI=1S/C14H18BrNO/c1-10-8-14(17)6-7-16(10)11(2)12-4-3-5-13(15)9-12/h3-5,9-11H,6-8H2,1-2H3. The third kappa shape index (κ3) is 2.96. The normalized spacial score (nSPS) is 23.7. The van der Waals surface area contributed by atoms with E-state index in [-0.39, 0.29) is 0 Å². The number of likely N-dealkylation sites (tertiary alicyclic amines) is 1. The highest BCUT2D eigenvalue weighted by Crippen LogP contribution is 2.28. The number of hydrogen-bond acceptors (Lipinski definition) is 2. The molecule has 0 N–H and O–H groups in total. The van der Waals surface area contributed by atoms with Crippen LogP contribution in [0.1, 0.15) is 38.3 Å². The van der Waals surface area contributed by atoms with Gasteiger partial charge in [-0.25, -0.2) is 0 Å². The van der Waals surface area contributed by atoms with Crippen molar-refractivity contribution < 1.29 is 4.79 Å². The molecule has 1 heterocycles. The number of carbonyl (C=O) groups is 1. The van der Waals surface area contributed by atoms with Crippen LogP contribution in [0.3, 0.4) is 0 Å². The summed E-state index contributed by atoms with van der Waals surface area (Å²) in [7, 11) is 0. The summed E-state index contributed by atoms with van der Waals surface area (Å²) in [6.45, 7) is 5.24. The average Bonchev–Trinajstić information content (AvgIpc) is 2.28. The van der Waals surface area contributed by atoms with Gasteiger partial charge in [-0.2, -0.15) is 0 Å². The molecule has 0 radical (unpaired) electrons. The monoisotopic (exact) mass is 295 g/mol. The van der Waals surface area contributed by atoms with E-state index in [0.29, 0.717) is 30.7 Å². The van der Waals surface area contributed by atoms with E-state index in [1.54, 1.807) is 0 Å². The fraction of sp³-hybridized carbons (Fsp3) is 0.500. The van der Waals surface area contributed by atoms with Gasteiger partial charge in [0.2, 0.25) is 0 Å². The molecule has 2 unspecified atom stereocenters. The van der Waals surface area contributed by atoms with E-state index in [4.69, 9.17) is 0 Å². The van der Waals surface area contributed by atoms with Gasteiger partial charge in [0.15, 0.2) is 0 Å². The third-order valence-electron chi connectivity index (χ3n) is 3.57. The zero-order valence-corrected chi connectivity index (χ0v) is 11.9. The SMILES string of the molecule is CC1CC(=O)CCN1C(C)c1cccc(Br)c1. The zero-order chi connectivity index (χ0) is 12.4. The maximum atomic E-state index is 11.4. The zero-order valence-electron chi connectivity index (χ0n) is 10.3. The average molecular weight is 296 g/mol. The molecule has 0 saturated carbocycles. The first kappa shape index (κ1) is 12.8. The van der Waals surface area contributed by atoms with E-state index in [0.717, 1.165) is 11.0 Å². The molecule has 1 saturated heterocycles. The first-order chi connectivity index (χ1) is 8.08. The number of ketones is 1. The Kier molecular flexibility index (Phi) is 4.00. The van der Waals surface area contributed by atoms with Crippen LogP contribution in [0.4, 0.5) is 0 Å². The molecule has 1 aromatic carbocycles. The van der Waals surface area contributed by atoms with Gasteiger partial charge in [0.25, 0.3) is 0 Å². The molecule has 1 aliphatic rings. The quantitative estimate of drug-likeness (QED) is 0.831. The molecule has 1 aromatic rings. The van der Waals surface area contributed by atoms with E-state index < -0.39 is 0 Å². The lowest BCUT2D eigenvalue weighted by molar-refractivity contribution is -0.123. The molecule has 0 bridgehead atoms. The van der Waals surface area contributed by atoms with E-state index in [9.17, 15) is 4.79 Å². The van der Waals surface area contributed by atoms with Gasteiger partial charge in [-0.3, -0.25) is 9.69 Å². The van der Waals surface area contributed by atoms with Gasteiger partial charge in [-0.1, -0.05) is 28.1 Å². The predicted octanol–water partition coefficient (Wildman–Crippen LogP) is 3.56. The van der Waals surface area contributed by atoms with Crippen LogP contribution in [0.5, 0.6) is 0 Å². The highest BCUT2D eigenvalue weighted by molar-refractivity contribution is 9.10. The first-order valence-electron chi connectivity index (χ1n) is 6.11. The summed E-state index contributed by atoms with van der Waals surface area (Å²) in [5.74, 6) is 0.398. The summed E-state index contributed by atoms with van der Waals surface area (Å²) in [4.78, 5) is 13.8. The van der Waals surface area contributed by atoms with E-state index >= 15 is 0 Å². The molecule has 0 aromatic heterocycles. The molecular weight excluding hydrogens is 278 g/mol. The number of Topliss-reactive ketones (excluding diaryl/α,β-unsaturated/α-hetero) is 1. The van der Waals surface area contributed by atoms with Crippen molar-refractivity contribution >= 4 is 21.7 Å². The van der Waals surface area contributed by atoms with Crippen molar-refractivity contribution in [2.75, 3.05) is 6.54 Å². The second-order valence-electron chi connectivity index (χ2n) is 4.81. The Morgan fingerprint density at radius 2 is 2.24 bits per heavy atom. The highest BCUT2D eigenvalue weighted by atomic mass is 79.9. The molecule has 2 rings (SSSR count). The lowest BCUT2D eigenvalue weighted by Gasteiger charge is -2.37. The molecule has 0 aliphatic carbocycles. The van der Waals surface area contributed by atoms with Crippen molar-refractivity contribution in [1.82, 2.24) is 4.90 Å². The van der Waals surface area contributed by atoms with E-state index in [1.807, 2.05) is 6.07 Å². The Hall–Kier alpha value is -0.670. The number of nitrogens with zero attached hydrogens (tertiary/aromatic N) is 1. The smallest absolute Gasteiger partial charge is 0.135 e. The van der Waals surface area contributed by atoms with Crippen LogP contribution in [0.25, 0.3) is 0 Å². The van der Waals surface area contributed by atoms with Gasteiger partial charge in [0.05, 0.1) is 0 Å². The van der Waals surface area contributed by atoms with Crippen molar-refractivity contribution in [3.63, 3.8) is 0 Å². The second-order valence-corrected chi connectivity index (χ2v) is 5.73. The van der Waals surface area contributed by atoms with Gasteiger partial charge in [-0.15, -0.1) is 0 Å². The second kappa shape index (κ2) is 5.32. The number of piperidine rings is 1. The number of benzene rings is 1. The Morgan fingerprint density at radius 3 is 2.88 bits per heavy atom. The van der Waals surface area contributed by atoms with Crippen LogP contribution in [-0.2, 0) is 4.79 Å². The Morgan fingerprint density at radius 1 is 1.47 bits per heavy atom. The minimum Gasteiger partial charge on any atom is -0.300 e. The van der Waals surface area contributed by atoms with Crippen molar-refractivity contribution in [2.45, 2.75) is 38.8 Å². The molecule has 17 heavy (non-hydrogen) atoms. The summed E-state index contributed by atoms with van der Waals surface area (Å²) in [5, 5.41) is 0. The van der Waals surface area contributed by atoms with Crippen LogP contribution in [0.15, 0.2) is 28.7 Å². The van der Waals surface area contributed by atoms with E-state index in [1.165, 1.54) is 5.56 Å². The van der Waals surface area contributed by atoms with Crippen molar-refractivity contribution in [3.05, 3.63) is 34.3 Å². The van der Waals surface area contributed by atoms with Crippen LogP contribution in [0.2, 0.25) is 0 Å². The topological polar surface area (TPSA) is 20.3 Å². The van der Waals surface area contributed by atoms with Gasteiger partial charge in [0, 0.05) is 35.9 Å². The molecule has 2 atom stereocenters. The molecule has 0 spiro atoms. The van der Waals surface area contributed by atoms with Crippen molar-refractivity contribution in [1.29, 1.82) is 0 Å². The molecule has 1 aliphatic heterocycles. The molecule has 3 heteroatoms. The maximum Gasteiger partial charge on any atom is 0.135 e. The van der Waals surface area contributed by atoms with Crippen LogP contribution < -0.4 is 0 Å². The predicted molar refractivity (Wildman–Crippen MR) is 73.0 cm³/mol. The Balaban J connectivity index is 2.14. The number of rotatable bonds is 2. The lowest BCUT2D eigenvalue weighted by Crippen LogP contribution is -2.42. The summed E-state index contributed by atoms with van der Waals surface area (Å²) >= 11 is 3.51. The maximum absolute atomic E-state index is 11.4. The molecule has 92 valence electrons. The summed E-state index contributed by atoms with van der Waals surface area (Å²) in [6.07, 6.45) is 1.39. The van der Waals surface area contributed by atoms with Crippen molar-refractivity contribution in [2.24, 2.45) is 0 Å². The molecule has 2 nitrogen and oxygen atoms in total. The summed E-state index contributed by atoms with van der Waals surface area (Å²) < 4.78 is 1.11. The van der Waals surface area contributed by atoms with Crippen molar-refractivity contribution in [3.8, 4) is 0 Å². The van der Waals surface area contributed by atoms with Gasteiger partial charge < -0.3 is 0 Å². The number of halogens is 1. The van der Waals surface area contributed by atoms with Crippen LogP contribution in [0, 0.1) is 0 Å². The van der Waals surface area contributed by atoms with Gasteiger partial charge >= 0.3 is 0 Å². The summed E-state index contributed by atoms with van der Waals surface area (Å²) in [6, 6.07) is 9.14. The lowest BCUT2D eigenvalue weighted by atomic mass is 9.97. The number of hydrogen-bond donors (Lipinski definition) is 0. The summed E-state index contributed by atoms with van der Waals surface area (Å²) in [5.41, 5.74) is 1.31. The third-order valence-corrected chi connectivity index (χ3v) is 4.06. The molecule has 0 amide bonds. The van der Waals surface area contributed by atoms with Crippen LogP contribution >= 0.6 is 15.9 Å². The highest BCUT2D eigenvalue weighted by Gasteiger charge is 2.27. The molecular formula is C14H18BrNO. The Labute approximate surface area is 111 Å². The first-order valence-corrected chi connectivity index (χ1v) is 6.90. The number of carbonyl (C=O) groups excluding carboxylic acids is 1. The fourth-order valence-corrected chi connectivity index (χ4v) is 2.97. The largest absolute Gasteiger partial charge is 0.300 e. The fourth-order valence-electron chi connectivity index (χ4n) is 2.56. The van der Waals surface area contributed by atoms with Crippen LogP contribution in [-0.4, -0.2) is 23.3 Å². The Bertz CT molecular complexity index is 418. The van der Waals surface area contributed by atoms with E-state index in [2.05, 4.69) is 52.9 Å². The molecule has 1 fully saturated rings. The van der Waals surface area contributed by atoms with Gasteiger partial charge in [-0.05, 0) is 31.5 Å². The minimum atomic E-state index is 0.352.